The molecule has 0 spiro atoms. The summed E-state index contributed by atoms with van der Waals surface area (Å²) in [5.41, 5.74) is 0. The lowest BCUT2D eigenvalue weighted by Crippen LogP contribution is -2.40. The second-order valence-electron chi connectivity index (χ2n) is 5.91. The maximum atomic E-state index is 12.2. The molecule has 1 aliphatic rings. The van der Waals surface area contributed by atoms with Crippen LogP contribution < -0.4 is 0 Å². The number of hydrogen-bond donors (Lipinski definition) is 0. The van der Waals surface area contributed by atoms with E-state index in [1.165, 1.54) is 0 Å². The number of likely N-dealkylation sites (tertiary alicyclic amines) is 1. The van der Waals surface area contributed by atoms with E-state index in [-0.39, 0.29) is 5.91 Å². The van der Waals surface area contributed by atoms with E-state index in [9.17, 15) is 4.79 Å². The van der Waals surface area contributed by atoms with Gasteiger partial charge in [-0.15, -0.1) is 0 Å². The third kappa shape index (κ3) is 4.06. The zero-order valence-corrected chi connectivity index (χ0v) is 13.4. The molecular weight excluding hydrogens is 266 g/mol. The number of amides is 1. The highest BCUT2D eigenvalue weighted by molar-refractivity contribution is 5.76. The van der Waals surface area contributed by atoms with E-state index >= 15 is 0 Å². The number of carbonyl (C=O) groups is 1. The van der Waals surface area contributed by atoms with E-state index in [1.54, 1.807) is 0 Å². The Hall–Kier alpha value is -1.36. The van der Waals surface area contributed by atoms with Gasteiger partial charge in [0, 0.05) is 44.0 Å². The quantitative estimate of drug-likeness (QED) is 0.757. The number of rotatable bonds is 6. The molecule has 0 aromatic carbocycles. The van der Waals surface area contributed by atoms with Crippen molar-refractivity contribution in [1.29, 1.82) is 0 Å². The zero-order valence-electron chi connectivity index (χ0n) is 13.4. The number of ether oxygens (including phenoxy) is 1. The molecule has 1 fully saturated rings. The number of piperidine rings is 1. The van der Waals surface area contributed by atoms with Crippen LogP contribution in [0.15, 0.2) is 12.4 Å². The highest BCUT2D eigenvalue weighted by atomic mass is 16.5. The first-order chi connectivity index (χ1) is 10.1. The topological polar surface area (TPSA) is 47.4 Å². The van der Waals surface area contributed by atoms with E-state index in [0.29, 0.717) is 31.6 Å². The van der Waals surface area contributed by atoms with Crippen molar-refractivity contribution >= 4 is 5.91 Å². The fourth-order valence-electron chi connectivity index (χ4n) is 2.95. The van der Waals surface area contributed by atoms with Gasteiger partial charge in [0.05, 0.1) is 13.0 Å². The molecule has 0 N–H and O–H groups in total. The summed E-state index contributed by atoms with van der Waals surface area (Å²) in [4.78, 5) is 18.7. The number of imidazole rings is 1. The second kappa shape index (κ2) is 7.59. The molecule has 1 amide bonds. The van der Waals surface area contributed by atoms with Crippen LogP contribution in [0.1, 0.15) is 57.8 Å². The van der Waals surface area contributed by atoms with Crippen molar-refractivity contribution in [2.24, 2.45) is 0 Å². The predicted octanol–water partition coefficient (Wildman–Crippen LogP) is 2.60. The highest BCUT2D eigenvalue weighted by Gasteiger charge is 2.27. The molecule has 1 aromatic heterocycles. The van der Waals surface area contributed by atoms with Gasteiger partial charge in [0.1, 0.15) is 5.82 Å². The highest BCUT2D eigenvalue weighted by Crippen LogP contribution is 2.27. The molecule has 0 bridgehead atoms. The number of carbonyl (C=O) groups excluding carboxylic acids is 1. The van der Waals surface area contributed by atoms with Crippen molar-refractivity contribution in [3.63, 3.8) is 0 Å². The Morgan fingerprint density at radius 1 is 1.52 bits per heavy atom. The number of nitrogens with zero attached hydrogens (tertiary/aromatic N) is 3. The molecule has 1 saturated heterocycles. The predicted molar refractivity (Wildman–Crippen MR) is 82.3 cm³/mol. The van der Waals surface area contributed by atoms with E-state index in [0.717, 1.165) is 31.8 Å². The van der Waals surface area contributed by atoms with Crippen molar-refractivity contribution in [2.75, 3.05) is 26.3 Å². The van der Waals surface area contributed by atoms with E-state index in [2.05, 4.69) is 23.4 Å². The Kier molecular flexibility index (Phi) is 5.79. The fourth-order valence-corrected chi connectivity index (χ4v) is 2.95. The van der Waals surface area contributed by atoms with Gasteiger partial charge in [0.2, 0.25) is 5.91 Å². The monoisotopic (exact) mass is 293 g/mol. The largest absolute Gasteiger partial charge is 0.381 e. The van der Waals surface area contributed by atoms with E-state index in [4.69, 9.17) is 4.74 Å². The average Bonchev–Trinajstić information content (AvgIpc) is 2.97. The molecule has 1 unspecified atom stereocenters. The summed E-state index contributed by atoms with van der Waals surface area (Å²) in [7, 11) is 0. The molecule has 2 rings (SSSR count). The number of hydrogen-bond acceptors (Lipinski definition) is 3. The van der Waals surface area contributed by atoms with Crippen molar-refractivity contribution in [1.82, 2.24) is 14.5 Å². The Balaban J connectivity index is 1.97. The van der Waals surface area contributed by atoms with Crippen LogP contribution in [-0.4, -0.2) is 46.7 Å². The van der Waals surface area contributed by atoms with Crippen LogP contribution in [0.3, 0.4) is 0 Å². The summed E-state index contributed by atoms with van der Waals surface area (Å²) >= 11 is 0. The fraction of sp³-hybridized carbons (Fsp3) is 0.750. The lowest BCUT2D eigenvalue weighted by atomic mass is 9.96. The van der Waals surface area contributed by atoms with Crippen molar-refractivity contribution in [2.45, 2.75) is 52.0 Å². The third-order valence-electron chi connectivity index (χ3n) is 4.06. The Morgan fingerprint density at radius 2 is 2.33 bits per heavy atom. The van der Waals surface area contributed by atoms with Crippen LogP contribution in [0, 0.1) is 0 Å². The molecule has 0 aliphatic carbocycles. The van der Waals surface area contributed by atoms with Crippen LogP contribution in [0.2, 0.25) is 0 Å². The summed E-state index contributed by atoms with van der Waals surface area (Å²) in [5, 5.41) is 0. The smallest absolute Gasteiger partial charge is 0.224 e. The van der Waals surface area contributed by atoms with Gasteiger partial charge in [-0.05, 0) is 33.6 Å². The molecule has 21 heavy (non-hydrogen) atoms. The van der Waals surface area contributed by atoms with Gasteiger partial charge < -0.3 is 14.2 Å². The minimum atomic E-state index is 0.204. The SMILES string of the molecule is CCOCCC(=O)N1CCCC(c2nccn2C(C)C)C1. The van der Waals surface area contributed by atoms with Crippen molar-refractivity contribution in [3.05, 3.63) is 18.2 Å². The average molecular weight is 293 g/mol. The molecule has 5 heteroatoms. The molecule has 5 nitrogen and oxygen atoms in total. The first-order valence-corrected chi connectivity index (χ1v) is 8.01. The van der Waals surface area contributed by atoms with Gasteiger partial charge in [0.25, 0.3) is 0 Å². The maximum absolute atomic E-state index is 12.2. The van der Waals surface area contributed by atoms with Gasteiger partial charge in [-0.2, -0.15) is 0 Å². The van der Waals surface area contributed by atoms with Gasteiger partial charge in [-0.3, -0.25) is 4.79 Å². The molecule has 0 saturated carbocycles. The lowest BCUT2D eigenvalue weighted by molar-refractivity contribution is -0.133. The molecule has 1 aliphatic heterocycles. The molecule has 2 heterocycles. The Labute approximate surface area is 127 Å². The second-order valence-corrected chi connectivity index (χ2v) is 5.91. The molecule has 1 aromatic rings. The minimum Gasteiger partial charge on any atom is -0.381 e. The van der Waals surface area contributed by atoms with Crippen molar-refractivity contribution in [3.8, 4) is 0 Å². The lowest BCUT2D eigenvalue weighted by Gasteiger charge is -2.33. The molecular formula is C16H27N3O2. The van der Waals surface area contributed by atoms with Crippen LogP contribution in [-0.2, 0) is 9.53 Å². The van der Waals surface area contributed by atoms with Gasteiger partial charge in [-0.1, -0.05) is 0 Å². The summed E-state index contributed by atoms with van der Waals surface area (Å²) < 4.78 is 7.50. The van der Waals surface area contributed by atoms with E-state index < -0.39 is 0 Å². The summed E-state index contributed by atoms with van der Waals surface area (Å²) in [6.07, 6.45) is 6.55. The first-order valence-electron chi connectivity index (χ1n) is 8.01. The van der Waals surface area contributed by atoms with Crippen LogP contribution in [0.4, 0.5) is 0 Å². The summed E-state index contributed by atoms with van der Waals surface area (Å²) in [6.45, 7) is 9.13. The Bertz CT molecular complexity index is 456. The first kappa shape index (κ1) is 16.0. The standard InChI is InChI=1S/C16H27N3O2/c1-4-21-11-7-15(20)18-9-5-6-14(12-18)16-17-8-10-19(16)13(2)3/h8,10,13-14H,4-7,9,11-12H2,1-3H3. The molecule has 118 valence electrons. The van der Waals surface area contributed by atoms with Gasteiger partial charge in [-0.25, -0.2) is 4.98 Å². The normalized spacial score (nSPS) is 19.2. The van der Waals surface area contributed by atoms with E-state index in [1.807, 2.05) is 24.2 Å². The van der Waals surface area contributed by atoms with Crippen LogP contribution >= 0.6 is 0 Å². The summed E-state index contributed by atoms with van der Waals surface area (Å²) in [6, 6.07) is 0.409. The van der Waals surface area contributed by atoms with Crippen LogP contribution in [0.5, 0.6) is 0 Å². The maximum Gasteiger partial charge on any atom is 0.224 e. The Morgan fingerprint density at radius 3 is 3.05 bits per heavy atom. The molecule has 1 atom stereocenters. The van der Waals surface area contributed by atoms with Gasteiger partial charge >= 0.3 is 0 Å². The zero-order chi connectivity index (χ0) is 15.2. The molecule has 0 radical (unpaired) electrons. The van der Waals surface area contributed by atoms with Crippen LogP contribution in [0.25, 0.3) is 0 Å². The summed E-state index contributed by atoms with van der Waals surface area (Å²) in [5.74, 6) is 1.68. The third-order valence-corrected chi connectivity index (χ3v) is 4.06. The van der Waals surface area contributed by atoms with Crippen molar-refractivity contribution < 1.29 is 9.53 Å². The minimum absolute atomic E-state index is 0.204. The van der Waals surface area contributed by atoms with Gasteiger partial charge in [0.15, 0.2) is 0 Å². The number of aromatic nitrogens is 2.